The molecule has 2 N–H and O–H groups in total. The van der Waals surface area contributed by atoms with Crippen molar-refractivity contribution in [2.75, 3.05) is 0 Å². The summed E-state index contributed by atoms with van der Waals surface area (Å²) in [6.07, 6.45) is 0.553. The number of hydrogen-bond acceptors (Lipinski definition) is 4. The Morgan fingerprint density at radius 1 is 1.62 bits per heavy atom. The van der Waals surface area contributed by atoms with Crippen molar-refractivity contribution in [1.29, 1.82) is 0 Å². The molecule has 1 heterocycles. The van der Waals surface area contributed by atoms with Crippen molar-refractivity contribution in [2.45, 2.75) is 26.2 Å². The minimum atomic E-state index is -0.889. The van der Waals surface area contributed by atoms with Crippen LogP contribution >= 0.6 is 0 Å². The Kier molecular flexibility index (Phi) is 2.27. The molecule has 1 rings (SSSR count). The smallest absolute Gasteiger partial charge is 0.388 e. The molecule has 0 spiro atoms. The highest BCUT2D eigenvalue weighted by atomic mass is 16.6. The largest absolute Gasteiger partial charge is 0.411 e. The number of primary amides is 1. The van der Waals surface area contributed by atoms with E-state index in [-0.39, 0.29) is 11.3 Å². The van der Waals surface area contributed by atoms with Gasteiger partial charge in [0.25, 0.3) is 5.88 Å². The van der Waals surface area contributed by atoms with E-state index in [1.54, 1.807) is 0 Å². The lowest BCUT2D eigenvalue weighted by Gasteiger charge is -2.15. The highest BCUT2D eigenvalue weighted by Crippen LogP contribution is 2.29. The SMILES string of the molecule is CC(C)(C)c1conc1OC(N)=O. The van der Waals surface area contributed by atoms with E-state index in [4.69, 9.17) is 10.3 Å². The Balaban J connectivity index is 2.96. The van der Waals surface area contributed by atoms with Crippen LogP contribution < -0.4 is 10.5 Å². The molecule has 0 aliphatic heterocycles. The number of aromatic nitrogens is 1. The zero-order valence-electron chi connectivity index (χ0n) is 7.83. The lowest BCUT2D eigenvalue weighted by molar-refractivity contribution is 0.205. The van der Waals surface area contributed by atoms with Crippen molar-refractivity contribution >= 4 is 6.09 Å². The van der Waals surface area contributed by atoms with Gasteiger partial charge in [0, 0.05) is 0 Å². The van der Waals surface area contributed by atoms with Gasteiger partial charge in [0.1, 0.15) is 6.26 Å². The predicted octanol–water partition coefficient (Wildman–Crippen LogP) is 1.43. The topological polar surface area (TPSA) is 78.3 Å². The first-order valence-corrected chi connectivity index (χ1v) is 3.83. The number of hydrogen-bond donors (Lipinski definition) is 1. The van der Waals surface area contributed by atoms with Crippen molar-refractivity contribution in [3.05, 3.63) is 11.8 Å². The third-order valence-electron chi connectivity index (χ3n) is 1.54. The van der Waals surface area contributed by atoms with E-state index < -0.39 is 6.09 Å². The van der Waals surface area contributed by atoms with Crippen LogP contribution in [-0.2, 0) is 5.41 Å². The molecule has 0 aromatic carbocycles. The summed E-state index contributed by atoms with van der Waals surface area (Å²) in [4.78, 5) is 10.5. The molecular weight excluding hydrogens is 172 g/mol. The molecule has 0 saturated carbocycles. The number of nitrogens with zero attached hydrogens (tertiary/aromatic N) is 1. The minimum Gasteiger partial charge on any atom is -0.388 e. The van der Waals surface area contributed by atoms with Crippen LogP contribution in [-0.4, -0.2) is 11.2 Å². The molecule has 0 saturated heterocycles. The van der Waals surface area contributed by atoms with Gasteiger partial charge in [-0.3, -0.25) is 0 Å². The van der Waals surface area contributed by atoms with Gasteiger partial charge < -0.3 is 15.0 Å². The normalized spacial score (nSPS) is 11.3. The van der Waals surface area contributed by atoms with Crippen molar-refractivity contribution < 1.29 is 14.1 Å². The van der Waals surface area contributed by atoms with Crippen LogP contribution in [0.2, 0.25) is 0 Å². The van der Waals surface area contributed by atoms with E-state index in [1.165, 1.54) is 6.26 Å². The van der Waals surface area contributed by atoms with Crippen molar-refractivity contribution in [3.63, 3.8) is 0 Å². The van der Waals surface area contributed by atoms with E-state index in [1.807, 2.05) is 20.8 Å². The summed E-state index contributed by atoms with van der Waals surface area (Å²) in [6, 6.07) is 0. The first kappa shape index (κ1) is 9.57. The van der Waals surface area contributed by atoms with E-state index in [0.29, 0.717) is 5.56 Å². The third kappa shape index (κ3) is 2.21. The van der Waals surface area contributed by atoms with Crippen LogP contribution in [0.3, 0.4) is 0 Å². The monoisotopic (exact) mass is 184 g/mol. The van der Waals surface area contributed by atoms with Gasteiger partial charge in [-0.15, -0.1) is 0 Å². The average Bonchev–Trinajstić information content (AvgIpc) is 2.31. The van der Waals surface area contributed by atoms with E-state index in [9.17, 15) is 4.79 Å². The van der Waals surface area contributed by atoms with Crippen LogP contribution in [0.15, 0.2) is 10.8 Å². The molecule has 0 aliphatic rings. The number of ether oxygens (including phenoxy) is 1. The summed E-state index contributed by atoms with van der Waals surface area (Å²) < 4.78 is 9.34. The Hall–Kier alpha value is -1.52. The highest BCUT2D eigenvalue weighted by Gasteiger charge is 2.23. The second-order valence-electron chi connectivity index (χ2n) is 3.70. The molecule has 1 amide bonds. The van der Waals surface area contributed by atoms with Gasteiger partial charge in [0.2, 0.25) is 0 Å². The van der Waals surface area contributed by atoms with Crippen molar-refractivity contribution in [3.8, 4) is 5.88 Å². The number of carbonyl (C=O) groups is 1. The molecule has 0 radical (unpaired) electrons. The zero-order chi connectivity index (χ0) is 10.1. The minimum absolute atomic E-state index is 0.139. The summed E-state index contributed by atoms with van der Waals surface area (Å²) >= 11 is 0. The van der Waals surface area contributed by atoms with E-state index in [2.05, 4.69) is 9.89 Å². The molecule has 1 aromatic rings. The standard InChI is InChI=1S/C8H12N2O3/c1-8(2,3)5-4-12-10-6(5)13-7(9)11/h4H,1-3H3,(H2,9,11). The highest BCUT2D eigenvalue weighted by molar-refractivity contribution is 5.67. The molecule has 72 valence electrons. The van der Waals surface area contributed by atoms with Gasteiger partial charge in [0.15, 0.2) is 0 Å². The second-order valence-corrected chi connectivity index (χ2v) is 3.70. The summed E-state index contributed by atoms with van der Waals surface area (Å²) in [6.45, 7) is 5.86. The van der Waals surface area contributed by atoms with E-state index in [0.717, 1.165) is 0 Å². The maximum Gasteiger partial charge on any atom is 0.411 e. The van der Waals surface area contributed by atoms with Gasteiger partial charge in [-0.25, -0.2) is 4.79 Å². The second kappa shape index (κ2) is 3.08. The number of rotatable bonds is 1. The van der Waals surface area contributed by atoms with Crippen LogP contribution in [0.25, 0.3) is 0 Å². The van der Waals surface area contributed by atoms with Gasteiger partial charge in [-0.05, 0) is 10.6 Å². The molecule has 5 heteroatoms. The first-order valence-electron chi connectivity index (χ1n) is 3.83. The van der Waals surface area contributed by atoms with Crippen molar-refractivity contribution in [1.82, 2.24) is 5.16 Å². The lowest BCUT2D eigenvalue weighted by atomic mass is 9.89. The molecule has 5 nitrogen and oxygen atoms in total. The molecule has 0 aliphatic carbocycles. The molecule has 0 bridgehead atoms. The molecular formula is C8H12N2O3. The van der Waals surface area contributed by atoms with Gasteiger partial charge in [-0.2, -0.15) is 0 Å². The Morgan fingerprint density at radius 2 is 2.23 bits per heavy atom. The van der Waals surface area contributed by atoms with Crippen molar-refractivity contribution in [2.24, 2.45) is 5.73 Å². The Morgan fingerprint density at radius 3 is 2.69 bits per heavy atom. The fraction of sp³-hybridized carbons (Fsp3) is 0.500. The predicted molar refractivity (Wildman–Crippen MR) is 45.4 cm³/mol. The quantitative estimate of drug-likeness (QED) is 0.716. The molecule has 13 heavy (non-hydrogen) atoms. The third-order valence-corrected chi connectivity index (χ3v) is 1.54. The van der Waals surface area contributed by atoms with Crippen LogP contribution in [0.4, 0.5) is 4.79 Å². The van der Waals surface area contributed by atoms with Gasteiger partial charge >= 0.3 is 6.09 Å². The van der Waals surface area contributed by atoms with Gasteiger partial charge in [0.05, 0.1) is 5.56 Å². The number of carbonyl (C=O) groups excluding carboxylic acids is 1. The van der Waals surface area contributed by atoms with E-state index >= 15 is 0 Å². The van der Waals surface area contributed by atoms with Crippen LogP contribution in [0.5, 0.6) is 5.88 Å². The summed E-state index contributed by atoms with van der Waals surface area (Å²) in [5.41, 5.74) is 5.38. The summed E-state index contributed by atoms with van der Waals surface area (Å²) in [5.74, 6) is 0.139. The molecule has 1 aromatic heterocycles. The Labute approximate surface area is 75.8 Å². The van der Waals surface area contributed by atoms with Gasteiger partial charge in [-0.1, -0.05) is 20.8 Å². The Bertz CT molecular complexity index is 311. The molecule has 0 fully saturated rings. The maximum atomic E-state index is 10.5. The lowest BCUT2D eigenvalue weighted by Crippen LogP contribution is -2.19. The van der Waals surface area contributed by atoms with Crippen LogP contribution in [0.1, 0.15) is 26.3 Å². The average molecular weight is 184 g/mol. The summed E-state index contributed by atoms with van der Waals surface area (Å²) in [7, 11) is 0. The fourth-order valence-electron chi connectivity index (χ4n) is 0.893. The zero-order valence-corrected chi connectivity index (χ0v) is 7.83. The van der Waals surface area contributed by atoms with Crippen LogP contribution in [0, 0.1) is 0 Å². The molecule has 0 unspecified atom stereocenters. The fourth-order valence-corrected chi connectivity index (χ4v) is 0.893. The molecule has 0 atom stereocenters. The number of amides is 1. The maximum absolute atomic E-state index is 10.5. The summed E-state index contributed by atoms with van der Waals surface area (Å²) in [5, 5.41) is 3.52. The number of nitrogens with two attached hydrogens (primary N) is 1. The first-order chi connectivity index (χ1) is 5.91.